The summed E-state index contributed by atoms with van der Waals surface area (Å²) in [5.74, 6) is 0. The van der Waals surface area contributed by atoms with E-state index in [4.69, 9.17) is 0 Å². The predicted molar refractivity (Wildman–Crippen MR) is 56.0 cm³/mol. The Kier molecular flexibility index (Phi) is 2.29. The summed E-state index contributed by atoms with van der Waals surface area (Å²) in [5, 5.41) is 2.60. The third-order valence-electron chi connectivity index (χ3n) is 2.14. The van der Waals surface area contributed by atoms with Gasteiger partial charge in [-0.05, 0) is 19.1 Å². The van der Waals surface area contributed by atoms with Crippen molar-refractivity contribution in [2.24, 2.45) is 0 Å². The summed E-state index contributed by atoms with van der Waals surface area (Å²) in [4.78, 5) is 15.3. The lowest BCUT2D eigenvalue weighted by molar-refractivity contribution is 0.187. The lowest BCUT2D eigenvalue weighted by Gasteiger charge is -2.05. The third-order valence-corrected chi connectivity index (χ3v) is 2.14. The third kappa shape index (κ3) is 1.63. The van der Waals surface area contributed by atoms with Crippen LogP contribution < -0.4 is 5.32 Å². The van der Waals surface area contributed by atoms with Crippen molar-refractivity contribution in [2.45, 2.75) is 6.92 Å². The molecule has 0 saturated heterocycles. The lowest BCUT2D eigenvalue weighted by Crippen LogP contribution is -2.11. The quantitative estimate of drug-likeness (QED) is 0.772. The van der Waals surface area contributed by atoms with Crippen LogP contribution in [0.1, 0.15) is 5.69 Å². The second kappa shape index (κ2) is 3.61. The second-order valence-electron chi connectivity index (χ2n) is 3.13. The van der Waals surface area contributed by atoms with Gasteiger partial charge in [0.05, 0.1) is 12.8 Å². The molecule has 0 spiro atoms. The van der Waals surface area contributed by atoms with E-state index in [1.807, 2.05) is 23.6 Å². The molecule has 0 fully saturated rings. The van der Waals surface area contributed by atoms with Crippen molar-refractivity contribution in [2.75, 3.05) is 12.4 Å². The molecule has 0 unspecified atom stereocenters. The highest BCUT2D eigenvalue weighted by Gasteiger charge is 2.07. The number of hydrogen-bond donors (Lipinski definition) is 1. The summed E-state index contributed by atoms with van der Waals surface area (Å²) in [7, 11) is 1.33. The highest BCUT2D eigenvalue weighted by Crippen LogP contribution is 2.16. The molecule has 0 atom stereocenters. The molecule has 2 aromatic rings. The number of methoxy groups -OCH3 is 1. The van der Waals surface area contributed by atoms with Crippen molar-refractivity contribution in [1.29, 1.82) is 0 Å². The van der Waals surface area contributed by atoms with E-state index in [1.165, 1.54) is 7.11 Å². The minimum atomic E-state index is -0.497. The van der Waals surface area contributed by atoms with Gasteiger partial charge in [-0.15, -0.1) is 0 Å². The van der Waals surface area contributed by atoms with Crippen molar-refractivity contribution in [3.8, 4) is 0 Å². The molecule has 2 rings (SSSR count). The molecule has 15 heavy (non-hydrogen) atoms. The monoisotopic (exact) mass is 205 g/mol. The van der Waals surface area contributed by atoms with E-state index in [2.05, 4.69) is 15.0 Å². The van der Waals surface area contributed by atoms with Gasteiger partial charge < -0.3 is 9.14 Å². The number of amides is 1. The molecular weight excluding hydrogens is 194 g/mol. The molecule has 0 aliphatic heterocycles. The number of fused-ring (bicyclic) bond motifs is 1. The smallest absolute Gasteiger partial charge is 0.411 e. The minimum absolute atomic E-state index is 0.497. The fourth-order valence-electron chi connectivity index (χ4n) is 1.39. The van der Waals surface area contributed by atoms with Crippen LogP contribution >= 0.6 is 0 Å². The number of rotatable bonds is 1. The van der Waals surface area contributed by atoms with E-state index >= 15 is 0 Å². The molecule has 0 aliphatic carbocycles. The Hall–Kier alpha value is -2.04. The molecular formula is C10H11N3O2. The number of ether oxygens (including phenoxy) is 1. The van der Waals surface area contributed by atoms with Crippen LogP contribution in [0.25, 0.3) is 5.65 Å². The molecule has 2 heterocycles. The van der Waals surface area contributed by atoms with Gasteiger partial charge in [0, 0.05) is 18.1 Å². The van der Waals surface area contributed by atoms with E-state index in [0.29, 0.717) is 11.3 Å². The molecule has 2 aromatic heterocycles. The van der Waals surface area contributed by atoms with Crippen LogP contribution in [0, 0.1) is 6.92 Å². The molecule has 0 aliphatic rings. The number of pyridine rings is 1. The van der Waals surface area contributed by atoms with Crippen LogP contribution in [0.5, 0.6) is 0 Å². The maximum absolute atomic E-state index is 11.1. The number of carbonyl (C=O) groups excluding carboxylic acids is 1. The summed E-state index contributed by atoms with van der Waals surface area (Å²) in [6.07, 6.45) is 3.14. The Morgan fingerprint density at radius 2 is 2.40 bits per heavy atom. The number of nitrogens with zero attached hydrogens (tertiary/aromatic N) is 2. The van der Waals surface area contributed by atoms with E-state index in [-0.39, 0.29) is 0 Å². The van der Waals surface area contributed by atoms with Gasteiger partial charge in [0.2, 0.25) is 0 Å². The van der Waals surface area contributed by atoms with Crippen LogP contribution in [0.2, 0.25) is 0 Å². The largest absolute Gasteiger partial charge is 0.453 e. The number of aryl methyl sites for hydroxylation is 1. The van der Waals surface area contributed by atoms with Gasteiger partial charge in [0.15, 0.2) is 5.65 Å². The molecule has 5 heteroatoms. The van der Waals surface area contributed by atoms with Crippen LogP contribution in [0.3, 0.4) is 0 Å². The van der Waals surface area contributed by atoms with Gasteiger partial charge in [-0.2, -0.15) is 0 Å². The summed E-state index contributed by atoms with van der Waals surface area (Å²) in [6.45, 7) is 1.95. The second-order valence-corrected chi connectivity index (χ2v) is 3.13. The summed E-state index contributed by atoms with van der Waals surface area (Å²) in [6, 6.07) is 3.62. The van der Waals surface area contributed by atoms with Gasteiger partial charge in [0.1, 0.15) is 0 Å². The van der Waals surface area contributed by atoms with Crippen LogP contribution in [0.15, 0.2) is 24.5 Å². The first-order valence-electron chi connectivity index (χ1n) is 4.50. The first-order chi connectivity index (χ1) is 7.22. The van der Waals surface area contributed by atoms with Crippen molar-refractivity contribution >= 4 is 17.4 Å². The number of imidazole rings is 1. The molecule has 1 N–H and O–H groups in total. The molecule has 1 amide bonds. The summed E-state index contributed by atoms with van der Waals surface area (Å²) in [5.41, 5.74) is 2.36. The standard InChI is InChI=1S/C10H11N3O2/c1-7-6-11-9-8(12-10(14)15-2)4-3-5-13(7)9/h3-6H,1-2H3,(H,12,14). The van der Waals surface area contributed by atoms with E-state index in [1.54, 1.807) is 12.3 Å². The molecule has 5 nitrogen and oxygen atoms in total. The fraction of sp³-hybridized carbons (Fsp3) is 0.200. The normalized spacial score (nSPS) is 10.3. The topological polar surface area (TPSA) is 55.6 Å². The van der Waals surface area contributed by atoms with Gasteiger partial charge >= 0.3 is 6.09 Å². The molecule has 78 valence electrons. The number of aromatic nitrogens is 2. The average Bonchev–Trinajstić information content (AvgIpc) is 2.62. The Morgan fingerprint density at radius 3 is 3.13 bits per heavy atom. The average molecular weight is 205 g/mol. The molecule has 0 aromatic carbocycles. The van der Waals surface area contributed by atoms with Crippen molar-refractivity contribution in [3.63, 3.8) is 0 Å². The Morgan fingerprint density at radius 1 is 1.60 bits per heavy atom. The molecule has 0 bridgehead atoms. The van der Waals surface area contributed by atoms with Crippen molar-refractivity contribution < 1.29 is 9.53 Å². The van der Waals surface area contributed by atoms with Crippen molar-refractivity contribution in [3.05, 3.63) is 30.2 Å². The lowest BCUT2D eigenvalue weighted by atomic mass is 10.4. The summed E-state index contributed by atoms with van der Waals surface area (Å²) >= 11 is 0. The minimum Gasteiger partial charge on any atom is -0.453 e. The van der Waals surface area contributed by atoms with Gasteiger partial charge in [0.25, 0.3) is 0 Å². The highest BCUT2D eigenvalue weighted by molar-refractivity contribution is 5.89. The van der Waals surface area contributed by atoms with Crippen LogP contribution in [0.4, 0.5) is 10.5 Å². The van der Waals surface area contributed by atoms with Crippen LogP contribution in [-0.2, 0) is 4.74 Å². The highest BCUT2D eigenvalue weighted by atomic mass is 16.5. The number of anilines is 1. The maximum atomic E-state index is 11.1. The zero-order chi connectivity index (χ0) is 10.8. The van der Waals surface area contributed by atoms with E-state index in [9.17, 15) is 4.79 Å². The summed E-state index contributed by atoms with van der Waals surface area (Å²) < 4.78 is 6.42. The fourth-order valence-corrected chi connectivity index (χ4v) is 1.39. The first kappa shape index (κ1) is 9.51. The Balaban J connectivity index is 2.47. The molecule has 0 radical (unpaired) electrons. The van der Waals surface area contributed by atoms with Gasteiger partial charge in [-0.1, -0.05) is 0 Å². The number of carbonyl (C=O) groups is 1. The number of nitrogens with one attached hydrogen (secondary N) is 1. The van der Waals surface area contributed by atoms with E-state index < -0.39 is 6.09 Å². The van der Waals surface area contributed by atoms with Crippen LogP contribution in [-0.4, -0.2) is 22.6 Å². The van der Waals surface area contributed by atoms with Crippen molar-refractivity contribution in [1.82, 2.24) is 9.38 Å². The predicted octanol–water partition coefficient (Wildman–Crippen LogP) is 1.82. The molecule has 0 saturated carbocycles. The maximum Gasteiger partial charge on any atom is 0.411 e. The zero-order valence-corrected chi connectivity index (χ0v) is 8.52. The van der Waals surface area contributed by atoms with E-state index in [0.717, 1.165) is 5.69 Å². The van der Waals surface area contributed by atoms with Gasteiger partial charge in [-0.25, -0.2) is 9.78 Å². The zero-order valence-electron chi connectivity index (χ0n) is 8.52. The number of hydrogen-bond acceptors (Lipinski definition) is 3. The van der Waals surface area contributed by atoms with Gasteiger partial charge in [-0.3, -0.25) is 5.32 Å². The SMILES string of the molecule is COC(=O)Nc1cccn2c(C)cnc12. The Labute approximate surface area is 86.7 Å². The first-order valence-corrected chi connectivity index (χ1v) is 4.50. The Bertz CT molecular complexity index is 504.